The molecule has 1 saturated heterocycles. The summed E-state index contributed by atoms with van der Waals surface area (Å²) in [5, 5.41) is 5.85. The van der Waals surface area contributed by atoms with Gasteiger partial charge in [-0.15, -0.1) is 11.8 Å². The Morgan fingerprint density at radius 3 is 2.65 bits per heavy atom. The minimum absolute atomic E-state index is 0.0209. The molecule has 126 valence electrons. The van der Waals surface area contributed by atoms with Gasteiger partial charge in [-0.1, -0.05) is 0 Å². The summed E-state index contributed by atoms with van der Waals surface area (Å²) in [5.41, 5.74) is 0.721. The highest BCUT2D eigenvalue weighted by Crippen LogP contribution is 2.39. The van der Waals surface area contributed by atoms with E-state index in [1.807, 2.05) is 25.3 Å². The number of carbonyl (C=O) groups is 1. The molecule has 0 bridgehead atoms. The summed E-state index contributed by atoms with van der Waals surface area (Å²) < 4.78 is 16.8. The summed E-state index contributed by atoms with van der Waals surface area (Å²) in [4.78, 5) is 13.2. The van der Waals surface area contributed by atoms with Crippen molar-refractivity contribution in [3.8, 4) is 11.5 Å². The molecule has 1 aromatic rings. The topological polar surface area (TPSA) is 68.8 Å². The molecule has 1 fully saturated rings. The molecular formula is C16H22N2O4S. The maximum absolute atomic E-state index is 12.3. The lowest BCUT2D eigenvalue weighted by molar-refractivity contribution is 0.0868. The molecule has 2 atom stereocenters. The van der Waals surface area contributed by atoms with E-state index in [0.29, 0.717) is 19.0 Å². The van der Waals surface area contributed by atoms with Crippen LogP contribution in [0.5, 0.6) is 11.5 Å². The van der Waals surface area contributed by atoms with Crippen LogP contribution < -0.4 is 20.1 Å². The highest BCUT2D eigenvalue weighted by atomic mass is 32.2. The van der Waals surface area contributed by atoms with Gasteiger partial charge < -0.3 is 24.8 Å². The fourth-order valence-electron chi connectivity index (χ4n) is 2.79. The lowest BCUT2D eigenvalue weighted by Gasteiger charge is -2.22. The fraction of sp³-hybridized carbons (Fsp3) is 0.562. The number of anilines is 1. The summed E-state index contributed by atoms with van der Waals surface area (Å²) in [7, 11) is 0. The number of nitrogens with one attached hydrogen (secondary N) is 2. The van der Waals surface area contributed by atoms with Gasteiger partial charge in [0.15, 0.2) is 11.5 Å². The minimum Gasteiger partial charge on any atom is -0.486 e. The molecule has 0 unspecified atom stereocenters. The van der Waals surface area contributed by atoms with Crippen LogP contribution in [0.2, 0.25) is 0 Å². The molecule has 2 aliphatic rings. The van der Waals surface area contributed by atoms with E-state index in [1.54, 1.807) is 11.8 Å². The molecule has 0 radical (unpaired) electrons. The Morgan fingerprint density at radius 2 is 2.00 bits per heavy atom. The third-order valence-corrected chi connectivity index (χ3v) is 4.77. The lowest BCUT2D eigenvalue weighted by atomic mass is 10.1. The van der Waals surface area contributed by atoms with Crippen LogP contribution in [-0.2, 0) is 4.74 Å². The standard InChI is InChI=1S/C16H22N2O4S/c1-10(12-4-3-5-20-12)17-16(19)18-11-8-13-14(9-15(11)23-2)22-7-6-21-13/h8-10,12H,3-7H2,1-2H3,(H2,17,18,19)/t10-,12+/m1/s1. The van der Waals surface area contributed by atoms with E-state index >= 15 is 0 Å². The Labute approximate surface area is 140 Å². The number of urea groups is 1. The maximum Gasteiger partial charge on any atom is 0.319 e. The van der Waals surface area contributed by atoms with E-state index in [4.69, 9.17) is 14.2 Å². The van der Waals surface area contributed by atoms with Crippen LogP contribution in [0.3, 0.4) is 0 Å². The lowest BCUT2D eigenvalue weighted by Crippen LogP contribution is -2.43. The Morgan fingerprint density at radius 1 is 1.26 bits per heavy atom. The zero-order valence-electron chi connectivity index (χ0n) is 13.4. The number of carbonyl (C=O) groups excluding carboxylic acids is 1. The first-order chi connectivity index (χ1) is 11.2. The van der Waals surface area contributed by atoms with Crippen LogP contribution in [0.15, 0.2) is 17.0 Å². The molecule has 23 heavy (non-hydrogen) atoms. The SMILES string of the molecule is CSc1cc2c(cc1NC(=O)N[C@H](C)[C@@H]1CCCO1)OCCO2. The second kappa shape index (κ2) is 7.31. The molecule has 7 heteroatoms. The molecule has 6 nitrogen and oxygen atoms in total. The molecule has 0 spiro atoms. The molecule has 3 rings (SSSR count). The first-order valence-corrected chi connectivity index (χ1v) is 9.06. The monoisotopic (exact) mass is 338 g/mol. The minimum atomic E-state index is -0.236. The predicted molar refractivity (Wildman–Crippen MR) is 89.8 cm³/mol. The summed E-state index contributed by atoms with van der Waals surface area (Å²) >= 11 is 1.55. The molecule has 2 heterocycles. The molecule has 0 saturated carbocycles. The van der Waals surface area contributed by atoms with Gasteiger partial charge in [-0.05, 0) is 32.1 Å². The van der Waals surface area contributed by atoms with Crippen molar-refractivity contribution in [2.24, 2.45) is 0 Å². The van der Waals surface area contributed by atoms with Crippen LogP contribution >= 0.6 is 11.8 Å². The Kier molecular flexibility index (Phi) is 5.17. The average Bonchev–Trinajstić information content (AvgIpc) is 3.08. The molecule has 1 aromatic carbocycles. The van der Waals surface area contributed by atoms with E-state index < -0.39 is 0 Å². The molecule has 2 N–H and O–H groups in total. The number of thioether (sulfide) groups is 1. The molecule has 0 aromatic heterocycles. The van der Waals surface area contributed by atoms with Gasteiger partial charge in [0.2, 0.25) is 0 Å². The number of hydrogen-bond donors (Lipinski definition) is 2. The number of benzene rings is 1. The van der Waals surface area contributed by atoms with Gasteiger partial charge in [0.05, 0.1) is 17.8 Å². The Hall–Kier alpha value is -1.60. The van der Waals surface area contributed by atoms with E-state index in [1.165, 1.54) is 0 Å². The van der Waals surface area contributed by atoms with Gasteiger partial charge in [0, 0.05) is 17.6 Å². The largest absolute Gasteiger partial charge is 0.486 e. The predicted octanol–water partition coefficient (Wildman–Crippen LogP) is 2.87. The summed E-state index contributed by atoms with van der Waals surface area (Å²) in [6.45, 7) is 3.81. The quantitative estimate of drug-likeness (QED) is 0.826. The number of rotatable bonds is 4. The molecular weight excluding hydrogens is 316 g/mol. The average molecular weight is 338 g/mol. The van der Waals surface area contributed by atoms with Crippen LogP contribution in [0.25, 0.3) is 0 Å². The zero-order chi connectivity index (χ0) is 16.2. The van der Waals surface area contributed by atoms with Crippen molar-refractivity contribution in [3.05, 3.63) is 12.1 Å². The summed E-state index contributed by atoms with van der Waals surface area (Å²) in [5.74, 6) is 1.39. The van der Waals surface area contributed by atoms with Crippen molar-refractivity contribution in [2.45, 2.75) is 36.8 Å². The van der Waals surface area contributed by atoms with E-state index in [-0.39, 0.29) is 18.2 Å². The first kappa shape index (κ1) is 16.3. The van der Waals surface area contributed by atoms with Gasteiger partial charge in [0.25, 0.3) is 0 Å². The van der Waals surface area contributed by atoms with Crippen molar-refractivity contribution in [1.29, 1.82) is 0 Å². The van der Waals surface area contributed by atoms with Crippen LogP contribution in [0.1, 0.15) is 19.8 Å². The second-order valence-electron chi connectivity index (χ2n) is 5.63. The van der Waals surface area contributed by atoms with Gasteiger partial charge in [0.1, 0.15) is 13.2 Å². The highest BCUT2D eigenvalue weighted by Gasteiger charge is 2.24. The number of hydrogen-bond acceptors (Lipinski definition) is 5. The first-order valence-electron chi connectivity index (χ1n) is 7.84. The van der Waals surface area contributed by atoms with E-state index in [9.17, 15) is 4.79 Å². The molecule has 2 aliphatic heterocycles. The van der Waals surface area contributed by atoms with Gasteiger partial charge in [-0.2, -0.15) is 0 Å². The van der Waals surface area contributed by atoms with Crippen molar-refractivity contribution >= 4 is 23.5 Å². The third-order valence-electron chi connectivity index (χ3n) is 3.99. The summed E-state index contributed by atoms with van der Waals surface area (Å²) in [6.07, 6.45) is 4.10. The molecule has 0 aliphatic carbocycles. The van der Waals surface area contributed by atoms with Crippen molar-refractivity contribution in [1.82, 2.24) is 5.32 Å². The number of fused-ring (bicyclic) bond motifs is 1. The van der Waals surface area contributed by atoms with E-state index in [0.717, 1.165) is 35.8 Å². The Bertz CT molecular complexity index is 575. The van der Waals surface area contributed by atoms with Gasteiger partial charge in [-0.25, -0.2) is 4.79 Å². The van der Waals surface area contributed by atoms with Gasteiger partial charge >= 0.3 is 6.03 Å². The second-order valence-corrected chi connectivity index (χ2v) is 6.48. The normalized spacial score (nSPS) is 20.9. The fourth-order valence-corrected chi connectivity index (χ4v) is 3.35. The number of ether oxygens (including phenoxy) is 3. The van der Waals surface area contributed by atoms with Crippen molar-refractivity contribution < 1.29 is 19.0 Å². The Balaban J connectivity index is 1.67. The van der Waals surface area contributed by atoms with Crippen LogP contribution in [0, 0.1) is 0 Å². The smallest absolute Gasteiger partial charge is 0.319 e. The van der Waals surface area contributed by atoms with Crippen LogP contribution in [0.4, 0.5) is 10.5 Å². The molecule has 2 amide bonds. The van der Waals surface area contributed by atoms with Crippen LogP contribution in [-0.4, -0.2) is 44.3 Å². The maximum atomic E-state index is 12.3. The van der Waals surface area contributed by atoms with Crippen molar-refractivity contribution in [3.63, 3.8) is 0 Å². The van der Waals surface area contributed by atoms with Crippen molar-refractivity contribution in [2.75, 3.05) is 31.4 Å². The zero-order valence-corrected chi connectivity index (χ0v) is 14.2. The van der Waals surface area contributed by atoms with E-state index in [2.05, 4.69) is 10.6 Å². The third kappa shape index (κ3) is 3.84. The number of amides is 2. The summed E-state index contributed by atoms with van der Waals surface area (Å²) in [6, 6.07) is 3.46. The van der Waals surface area contributed by atoms with Gasteiger partial charge in [-0.3, -0.25) is 0 Å². The highest BCUT2D eigenvalue weighted by molar-refractivity contribution is 7.98.